The van der Waals surface area contributed by atoms with Crippen LogP contribution < -0.4 is 11.4 Å². The number of fused-ring (bicyclic) bond motifs is 3. The number of nitrogens with zero attached hydrogens (tertiary/aromatic N) is 3. The summed E-state index contributed by atoms with van der Waals surface area (Å²) in [5, 5.41) is 1.25. The Kier molecular flexibility index (Phi) is 4.73. The number of carbonyl (C=O) groups is 1. The van der Waals surface area contributed by atoms with E-state index in [2.05, 4.69) is 9.97 Å². The second kappa shape index (κ2) is 7.02. The van der Waals surface area contributed by atoms with Crippen LogP contribution in [0.5, 0.6) is 0 Å². The minimum atomic E-state index is -0.240. The summed E-state index contributed by atoms with van der Waals surface area (Å²) in [6.07, 6.45) is 5.60. The lowest BCUT2D eigenvalue weighted by Crippen LogP contribution is -2.30. The van der Waals surface area contributed by atoms with Crippen LogP contribution in [0.15, 0.2) is 28.3 Å². The van der Waals surface area contributed by atoms with Gasteiger partial charge in [-0.15, -0.1) is 11.3 Å². The largest absolute Gasteiger partial charge is 0.334 e. The Morgan fingerprint density at radius 3 is 3.00 bits per heavy atom. The van der Waals surface area contributed by atoms with Crippen LogP contribution in [0, 0.1) is 0 Å². The number of nitrogens with two attached hydrogens (primary N) is 1. The van der Waals surface area contributed by atoms with Crippen molar-refractivity contribution in [2.24, 2.45) is 0 Å². The summed E-state index contributed by atoms with van der Waals surface area (Å²) in [5.74, 6) is 5.96. The molecule has 0 saturated heterocycles. The van der Waals surface area contributed by atoms with Crippen LogP contribution in [0.3, 0.4) is 0 Å². The number of thiophene rings is 1. The molecular formula is C17H15ClN4O2S2. The Morgan fingerprint density at radius 2 is 2.19 bits per heavy atom. The predicted octanol–water partition coefficient (Wildman–Crippen LogP) is 3.07. The van der Waals surface area contributed by atoms with Gasteiger partial charge in [0.2, 0.25) is 0 Å². The maximum atomic E-state index is 12.7. The standard InChI is InChI=1S/C17H15ClN4O2S2/c18-13-7-9(5-6-20-13)11(23)8-25-17-21-15-14(16(24)22(17)19)10-3-1-2-4-12(10)26-15/h5-7H,1-4,8,19H2. The number of aromatic nitrogens is 3. The average Bonchev–Trinajstić information content (AvgIpc) is 3.01. The monoisotopic (exact) mass is 406 g/mol. The third-order valence-corrected chi connectivity index (χ3v) is 6.71. The van der Waals surface area contributed by atoms with Crippen LogP contribution in [0.25, 0.3) is 10.2 Å². The number of halogens is 1. The zero-order chi connectivity index (χ0) is 18.3. The first-order chi connectivity index (χ1) is 12.5. The highest BCUT2D eigenvalue weighted by Gasteiger charge is 2.22. The van der Waals surface area contributed by atoms with Crippen molar-refractivity contribution >= 4 is 50.7 Å². The van der Waals surface area contributed by atoms with Crippen LogP contribution in [-0.4, -0.2) is 26.2 Å². The van der Waals surface area contributed by atoms with Gasteiger partial charge in [-0.1, -0.05) is 23.4 Å². The highest BCUT2D eigenvalue weighted by Crippen LogP contribution is 2.34. The van der Waals surface area contributed by atoms with E-state index in [-0.39, 0.29) is 22.2 Å². The molecule has 0 radical (unpaired) electrons. The van der Waals surface area contributed by atoms with E-state index in [1.807, 2.05) is 0 Å². The van der Waals surface area contributed by atoms with E-state index in [1.165, 1.54) is 17.1 Å². The maximum absolute atomic E-state index is 12.7. The van der Waals surface area contributed by atoms with E-state index >= 15 is 0 Å². The fourth-order valence-electron chi connectivity index (χ4n) is 3.09. The normalized spacial score (nSPS) is 13.7. The molecule has 3 aromatic rings. The molecule has 0 aliphatic heterocycles. The van der Waals surface area contributed by atoms with Crippen molar-refractivity contribution in [3.63, 3.8) is 0 Å². The SMILES string of the molecule is Nn1c(SCC(=O)c2ccnc(Cl)c2)nc2sc3c(c2c1=O)CCCC3. The number of ketones is 1. The first kappa shape index (κ1) is 17.5. The third-order valence-electron chi connectivity index (χ3n) is 4.37. The Labute approximate surface area is 162 Å². The van der Waals surface area contributed by atoms with E-state index in [4.69, 9.17) is 17.4 Å². The van der Waals surface area contributed by atoms with Crippen molar-refractivity contribution in [2.45, 2.75) is 30.8 Å². The van der Waals surface area contributed by atoms with Crippen molar-refractivity contribution in [3.05, 3.63) is 49.8 Å². The quantitative estimate of drug-likeness (QED) is 0.235. The Balaban J connectivity index is 1.64. The molecule has 3 heterocycles. The molecule has 6 nitrogen and oxygen atoms in total. The molecule has 0 fully saturated rings. The molecule has 0 bridgehead atoms. The first-order valence-electron chi connectivity index (χ1n) is 8.14. The van der Waals surface area contributed by atoms with Crippen LogP contribution in [-0.2, 0) is 12.8 Å². The molecule has 1 aliphatic rings. The lowest BCUT2D eigenvalue weighted by atomic mass is 9.97. The summed E-state index contributed by atoms with van der Waals surface area (Å²) in [6.45, 7) is 0. The molecule has 4 rings (SSSR count). The summed E-state index contributed by atoms with van der Waals surface area (Å²) in [7, 11) is 0. The molecule has 0 atom stereocenters. The minimum Gasteiger partial charge on any atom is -0.334 e. The van der Waals surface area contributed by atoms with Gasteiger partial charge in [-0.3, -0.25) is 9.59 Å². The molecule has 0 saturated carbocycles. The van der Waals surface area contributed by atoms with E-state index in [0.717, 1.165) is 47.7 Å². The van der Waals surface area contributed by atoms with Gasteiger partial charge in [-0.25, -0.2) is 14.6 Å². The summed E-state index contributed by atoms with van der Waals surface area (Å²) in [5.41, 5.74) is 1.33. The lowest BCUT2D eigenvalue weighted by molar-refractivity contribution is 0.102. The van der Waals surface area contributed by atoms with Gasteiger partial charge < -0.3 is 5.84 Å². The molecule has 0 aromatic carbocycles. The van der Waals surface area contributed by atoms with E-state index < -0.39 is 0 Å². The Morgan fingerprint density at radius 1 is 1.38 bits per heavy atom. The van der Waals surface area contributed by atoms with Crippen molar-refractivity contribution in [3.8, 4) is 0 Å². The second-order valence-corrected chi connectivity index (χ2v) is 8.45. The molecule has 0 spiro atoms. The minimum absolute atomic E-state index is 0.112. The van der Waals surface area contributed by atoms with Gasteiger partial charge in [0.1, 0.15) is 9.98 Å². The molecule has 2 N–H and O–H groups in total. The number of rotatable bonds is 4. The number of hydrogen-bond donors (Lipinski definition) is 1. The predicted molar refractivity (Wildman–Crippen MR) is 105 cm³/mol. The highest BCUT2D eigenvalue weighted by atomic mass is 35.5. The fraction of sp³-hybridized carbons (Fsp3) is 0.294. The number of pyridine rings is 1. The topological polar surface area (TPSA) is 90.9 Å². The van der Waals surface area contributed by atoms with Crippen molar-refractivity contribution in [1.82, 2.24) is 14.6 Å². The summed E-state index contributed by atoms with van der Waals surface area (Å²) in [4.78, 5) is 35.4. The number of aryl methyl sites for hydroxylation is 2. The van der Waals surface area contributed by atoms with Crippen molar-refractivity contribution in [2.75, 3.05) is 11.6 Å². The molecule has 3 aromatic heterocycles. The second-order valence-electron chi connectivity index (χ2n) is 6.04. The van der Waals surface area contributed by atoms with Crippen LogP contribution in [0.4, 0.5) is 0 Å². The smallest absolute Gasteiger partial charge is 0.281 e. The maximum Gasteiger partial charge on any atom is 0.281 e. The van der Waals surface area contributed by atoms with Gasteiger partial charge in [0.05, 0.1) is 11.1 Å². The molecular weight excluding hydrogens is 392 g/mol. The average molecular weight is 407 g/mol. The zero-order valence-corrected chi connectivity index (χ0v) is 16.1. The number of thioether (sulfide) groups is 1. The van der Waals surface area contributed by atoms with Crippen LogP contribution >= 0.6 is 34.7 Å². The molecule has 0 unspecified atom stereocenters. The zero-order valence-electron chi connectivity index (χ0n) is 13.7. The van der Waals surface area contributed by atoms with Crippen LogP contribution in [0.2, 0.25) is 5.15 Å². The molecule has 0 amide bonds. The number of hydrogen-bond acceptors (Lipinski definition) is 7. The molecule has 26 heavy (non-hydrogen) atoms. The number of nitrogen functional groups attached to an aromatic ring is 1. The number of carbonyl (C=O) groups excluding carboxylic acids is 1. The Bertz CT molecular complexity index is 1080. The van der Waals surface area contributed by atoms with Crippen molar-refractivity contribution in [1.29, 1.82) is 0 Å². The summed E-state index contributed by atoms with van der Waals surface area (Å²) < 4.78 is 1.06. The number of Topliss-reactive ketones (excluding diaryl/α,β-unsaturated/α-hetero) is 1. The fourth-order valence-corrected chi connectivity index (χ4v) is 5.38. The van der Waals surface area contributed by atoms with Crippen molar-refractivity contribution < 1.29 is 4.79 Å². The van der Waals surface area contributed by atoms with Gasteiger partial charge in [0, 0.05) is 16.6 Å². The molecule has 1 aliphatic carbocycles. The van der Waals surface area contributed by atoms with Gasteiger partial charge in [0.25, 0.3) is 5.56 Å². The molecule has 134 valence electrons. The van der Waals surface area contributed by atoms with Gasteiger partial charge >= 0.3 is 0 Å². The first-order valence-corrected chi connectivity index (χ1v) is 10.3. The summed E-state index contributed by atoms with van der Waals surface area (Å²) in [6, 6.07) is 3.12. The summed E-state index contributed by atoms with van der Waals surface area (Å²) >= 11 is 8.54. The lowest BCUT2D eigenvalue weighted by Gasteiger charge is -2.10. The van der Waals surface area contributed by atoms with Gasteiger partial charge in [-0.05, 0) is 43.4 Å². The van der Waals surface area contributed by atoms with Crippen LogP contribution in [0.1, 0.15) is 33.6 Å². The van der Waals surface area contributed by atoms with Gasteiger partial charge in [0.15, 0.2) is 10.9 Å². The van der Waals surface area contributed by atoms with E-state index in [1.54, 1.807) is 17.4 Å². The third kappa shape index (κ3) is 3.13. The van der Waals surface area contributed by atoms with Gasteiger partial charge in [-0.2, -0.15) is 0 Å². The van der Waals surface area contributed by atoms with E-state index in [0.29, 0.717) is 20.9 Å². The Hall–Kier alpha value is -1.90. The van der Waals surface area contributed by atoms with E-state index in [9.17, 15) is 9.59 Å². The highest BCUT2D eigenvalue weighted by molar-refractivity contribution is 7.99. The molecule has 9 heteroatoms.